The topological polar surface area (TPSA) is 110 Å². The molecule has 3 N–H and O–H groups in total. The third-order valence-electron chi connectivity index (χ3n) is 5.60. The van der Waals surface area contributed by atoms with Crippen molar-refractivity contribution in [1.82, 2.24) is 19.9 Å². The van der Waals surface area contributed by atoms with Gasteiger partial charge in [0.25, 0.3) is 0 Å². The van der Waals surface area contributed by atoms with E-state index in [0.29, 0.717) is 12.4 Å². The van der Waals surface area contributed by atoms with Crippen molar-refractivity contribution in [3.8, 4) is 11.4 Å². The van der Waals surface area contributed by atoms with Gasteiger partial charge in [-0.15, -0.1) is 0 Å². The van der Waals surface area contributed by atoms with Crippen molar-refractivity contribution in [2.75, 3.05) is 23.3 Å². The first-order chi connectivity index (χ1) is 15.1. The van der Waals surface area contributed by atoms with Gasteiger partial charge in [-0.05, 0) is 37.5 Å². The summed E-state index contributed by atoms with van der Waals surface area (Å²) in [5, 5.41) is 3.44. The van der Waals surface area contributed by atoms with Gasteiger partial charge in [-0.3, -0.25) is 9.78 Å². The van der Waals surface area contributed by atoms with Gasteiger partial charge in [-0.25, -0.2) is 15.0 Å². The number of nitrogens with one attached hydrogen (secondary N) is 1. The Morgan fingerprint density at radius 3 is 2.65 bits per heavy atom. The minimum atomic E-state index is -0.206. The lowest BCUT2D eigenvalue weighted by Crippen LogP contribution is -2.39. The number of rotatable bonds is 7. The molecular formula is C23H27N7O. The Hall–Kier alpha value is -3.55. The van der Waals surface area contributed by atoms with E-state index in [9.17, 15) is 4.79 Å². The molecule has 0 aromatic carbocycles. The number of anilines is 2. The van der Waals surface area contributed by atoms with Gasteiger partial charge in [0.05, 0.1) is 0 Å². The summed E-state index contributed by atoms with van der Waals surface area (Å²) in [6, 6.07) is 9.82. The number of carbonyl (C=O) groups excluding carboxylic acids is 1. The second-order valence-electron chi connectivity index (χ2n) is 7.66. The van der Waals surface area contributed by atoms with Crippen molar-refractivity contribution in [1.29, 1.82) is 0 Å². The van der Waals surface area contributed by atoms with Crippen molar-refractivity contribution in [2.24, 2.45) is 11.7 Å². The quantitative estimate of drug-likeness (QED) is 0.608. The maximum Gasteiger partial charge on any atom is 0.220 e. The molecule has 0 radical (unpaired) electrons. The van der Waals surface area contributed by atoms with Gasteiger partial charge >= 0.3 is 0 Å². The lowest BCUT2D eigenvalue weighted by Gasteiger charge is -2.32. The van der Waals surface area contributed by atoms with Crippen LogP contribution in [0.2, 0.25) is 0 Å². The summed E-state index contributed by atoms with van der Waals surface area (Å²) in [7, 11) is 0. The first kappa shape index (κ1) is 20.7. The molecule has 4 heterocycles. The number of hydrogen-bond acceptors (Lipinski definition) is 7. The van der Waals surface area contributed by atoms with E-state index in [4.69, 9.17) is 10.7 Å². The molecule has 31 heavy (non-hydrogen) atoms. The maximum absolute atomic E-state index is 11.5. The maximum atomic E-state index is 11.5. The zero-order valence-corrected chi connectivity index (χ0v) is 17.7. The van der Waals surface area contributed by atoms with Crippen LogP contribution in [-0.4, -0.2) is 38.9 Å². The van der Waals surface area contributed by atoms with Crippen LogP contribution in [0.4, 0.5) is 11.6 Å². The van der Waals surface area contributed by atoms with Gasteiger partial charge in [-0.1, -0.05) is 13.0 Å². The number of aromatic nitrogens is 4. The molecule has 1 amide bonds. The van der Waals surface area contributed by atoms with E-state index >= 15 is 0 Å². The highest BCUT2D eigenvalue weighted by atomic mass is 16.1. The summed E-state index contributed by atoms with van der Waals surface area (Å²) in [5.41, 5.74) is 8.47. The molecule has 0 spiro atoms. The number of pyridine rings is 2. The largest absolute Gasteiger partial charge is 0.369 e. The van der Waals surface area contributed by atoms with Crippen molar-refractivity contribution in [2.45, 2.75) is 32.7 Å². The van der Waals surface area contributed by atoms with Crippen LogP contribution in [0.25, 0.3) is 11.4 Å². The number of primary amides is 1. The van der Waals surface area contributed by atoms with Crippen LogP contribution < -0.4 is 16.0 Å². The predicted octanol–water partition coefficient (Wildman–Crippen LogP) is 2.81. The van der Waals surface area contributed by atoms with Gasteiger partial charge in [0.15, 0.2) is 5.82 Å². The fourth-order valence-electron chi connectivity index (χ4n) is 3.81. The third kappa shape index (κ3) is 4.96. The van der Waals surface area contributed by atoms with E-state index < -0.39 is 0 Å². The molecule has 8 heteroatoms. The zero-order chi connectivity index (χ0) is 21.6. The van der Waals surface area contributed by atoms with E-state index in [2.05, 4.69) is 38.2 Å². The highest BCUT2D eigenvalue weighted by Gasteiger charge is 2.25. The van der Waals surface area contributed by atoms with Crippen molar-refractivity contribution in [3.05, 3.63) is 60.2 Å². The van der Waals surface area contributed by atoms with Crippen LogP contribution in [0, 0.1) is 5.92 Å². The molecule has 4 rings (SSSR count). The molecule has 0 saturated carbocycles. The van der Waals surface area contributed by atoms with Gasteiger partial charge in [0.2, 0.25) is 5.91 Å². The normalized spacial score (nSPS) is 14.4. The predicted molar refractivity (Wildman–Crippen MR) is 120 cm³/mol. The monoisotopic (exact) mass is 417 g/mol. The van der Waals surface area contributed by atoms with E-state index in [-0.39, 0.29) is 11.8 Å². The molecule has 1 aliphatic rings. The molecule has 8 nitrogen and oxygen atoms in total. The number of hydrogen-bond donors (Lipinski definition) is 2. The molecular weight excluding hydrogens is 390 g/mol. The molecule has 3 aromatic heterocycles. The van der Waals surface area contributed by atoms with Crippen molar-refractivity contribution < 1.29 is 4.79 Å². The Morgan fingerprint density at radius 1 is 1.16 bits per heavy atom. The summed E-state index contributed by atoms with van der Waals surface area (Å²) in [6.07, 6.45) is 7.64. The first-order valence-electron chi connectivity index (χ1n) is 10.6. The van der Waals surface area contributed by atoms with Gasteiger partial charge in [-0.2, -0.15) is 0 Å². The Balaban J connectivity index is 1.51. The molecule has 1 saturated heterocycles. The first-order valence-corrected chi connectivity index (χ1v) is 10.6. The minimum Gasteiger partial charge on any atom is -0.369 e. The molecule has 0 atom stereocenters. The average Bonchev–Trinajstić information content (AvgIpc) is 2.83. The Labute approximate surface area is 182 Å². The van der Waals surface area contributed by atoms with Crippen LogP contribution >= 0.6 is 0 Å². The fourth-order valence-corrected chi connectivity index (χ4v) is 3.81. The van der Waals surface area contributed by atoms with Crippen LogP contribution in [0.3, 0.4) is 0 Å². The zero-order valence-electron chi connectivity index (χ0n) is 17.7. The molecule has 160 valence electrons. The smallest absolute Gasteiger partial charge is 0.220 e. The molecule has 3 aromatic rings. The Morgan fingerprint density at radius 2 is 1.94 bits per heavy atom. The number of nitrogens with zero attached hydrogens (tertiary/aromatic N) is 5. The number of carbonyl (C=O) groups is 1. The number of nitrogens with two attached hydrogens (primary N) is 1. The lowest BCUT2D eigenvalue weighted by molar-refractivity contribution is -0.122. The van der Waals surface area contributed by atoms with Gasteiger partial charge in [0.1, 0.15) is 11.6 Å². The van der Waals surface area contributed by atoms with Crippen LogP contribution in [0.5, 0.6) is 0 Å². The summed E-state index contributed by atoms with van der Waals surface area (Å²) in [4.78, 5) is 31.7. The summed E-state index contributed by atoms with van der Waals surface area (Å²) in [5.74, 6) is 2.16. The van der Waals surface area contributed by atoms with Crippen LogP contribution in [0.15, 0.2) is 48.9 Å². The second kappa shape index (κ2) is 9.51. The van der Waals surface area contributed by atoms with Gasteiger partial charge in [0, 0.05) is 67.0 Å². The van der Waals surface area contributed by atoms with Crippen LogP contribution in [0.1, 0.15) is 31.0 Å². The van der Waals surface area contributed by atoms with Crippen LogP contribution in [-0.2, 0) is 17.8 Å². The molecule has 1 aliphatic heterocycles. The molecule has 0 aliphatic carbocycles. The van der Waals surface area contributed by atoms with E-state index in [1.165, 1.54) is 0 Å². The third-order valence-corrected chi connectivity index (χ3v) is 5.60. The fraction of sp³-hybridized carbons (Fsp3) is 0.348. The lowest BCUT2D eigenvalue weighted by atomic mass is 9.96. The molecule has 0 unspecified atom stereocenters. The Kier molecular flexibility index (Phi) is 6.35. The minimum absolute atomic E-state index is 0.0402. The SMILES string of the molecule is CCc1cc(NCc2cccnc2N2CCC(C(N)=O)CC2)nc(-c2ccncc2)n1. The summed E-state index contributed by atoms with van der Waals surface area (Å²) >= 11 is 0. The highest BCUT2D eigenvalue weighted by Crippen LogP contribution is 2.25. The summed E-state index contributed by atoms with van der Waals surface area (Å²) in [6.45, 7) is 4.22. The van der Waals surface area contributed by atoms with Gasteiger partial charge < -0.3 is 16.0 Å². The molecule has 1 fully saturated rings. The standard InChI is InChI=1S/C23H27N7O/c1-2-19-14-20(29-22(28-19)17-5-10-25-11-6-17)27-15-18-4-3-9-26-23(18)30-12-7-16(8-13-30)21(24)31/h3-6,9-11,14,16H,2,7-8,12-13,15H2,1H3,(H2,24,31)(H,27,28,29). The van der Waals surface area contributed by atoms with E-state index in [1.54, 1.807) is 18.6 Å². The number of aryl methyl sites for hydroxylation is 1. The average molecular weight is 418 g/mol. The second-order valence-corrected chi connectivity index (χ2v) is 7.66. The van der Waals surface area contributed by atoms with Crippen molar-refractivity contribution >= 4 is 17.5 Å². The number of piperidine rings is 1. The summed E-state index contributed by atoms with van der Waals surface area (Å²) < 4.78 is 0. The highest BCUT2D eigenvalue weighted by molar-refractivity contribution is 5.77. The number of amides is 1. The van der Waals surface area contributed by atoms with E-state index in [0.717, 1.165) is 60.8 Å². The Bertz CT molecular complexity index is 1030. The molecule has 0 bridgehead atoms. The van der Waals surface area contributed by atoms with Crippen molar-refractivity contribution in [3.63, 3.8) is 0 Å². The van der Waals surface area contributed by atoms with E-state index in [1.807, 2.05) is 24.3 Å².